The lowest BCUT2D eigenvalue weighted by Crippen LogP contribution is -2.53. The van der Waals surface area contributed by atoms with Gasteiger partial charge in [-0.25, -0.2) is 0 Å². The van der Waals surface area contributed by atoms with Gasteiger partial charge in [0.25, 0.3) is 5.91 Å². The number of hydrogen-bond donors (Lipinski definition) is 4. The molecule has 0 radical (unpaired) electrons. The molecule has 2 unspecified atom stereocenters. The molecule has 0 bridgehead atoms. The Morgan fingerprint density at radius 1 is 1.24 bits per heavy atom. The zero-order valence-corrected chi connectivity index (χ0v) is 13.6. The van der Waals surface area contributed by atoms with E-state index in [-0.39, 0.29) is 30.8 Å². The molecule has 3 aliphatic heterocycles. The predicted octanol–water partition coefficient (Wildman–Crippen LogP) is -0.460. The molecule has 0 saturated carbocycles. The maximum absolute atomic E-state index is 12.7. The van der Waals surface area contributed by atoms with Crippen LogP contribution in [0.2, 0.25) is 0 Å². The van der Waals surface area contributed by atoms with E-state index in [4.69, 9.17) is 0 Å². The molecule has 3 aliphatic rings. The molecule has 1 aromatic carbocycles. The molecular formula is C17H20N4O4. The lowest BCUT2D eigenvalue weighted by Gasteiger charge is -2.33. The fourth-order valence-corrected chi connectivity index (χ4v) is 3.56. The Hall–Kier alpha value is -2.45. The average Bonchev–Trinajstić information content (AvgIpc) is 2.84. The van der Waals surface area contributed by atoms with Crippen LogP contribution in [0.4, 0.5) is 5.69 Å². The summed E-state index contributed by atoms with van der Waals surface area (Å²) < 4.78 is 0. The summed E-state index contributed by atoms with van der Waals surface area (Å²) in [6.07, 6.45) is 0.722. The first-order valence-corrected chi connectivity index (χ1v) is 8.49. The number of aliphatic hydroxyl groups excluding tert-OH is 1. The number of nitrogens with zero attached hydrogens (tertiary/aromatic N) is 1. The molecule has 3 atom stereocenters. The average molecular weight is 344 g/mol. The minimum Gasteiger partial charge on any atom is -0.372 e. The second kappa shape index (κ2) is 6.12. The molecule has 0 aromatic heterocycles. The van der Waals surface area contributed by atoms with Crippen molar-refractivity contribution >= 4 is 23.4 Å². The summed E-state index contributed by atoms with van der Waals surface area (Å²) in [6.45, 7) is 1.17. The smallest absolute Gasteiger partial charge is 0.255 e. The Kier molecular flexibility index (Phi) is 3.93. The minimum absolute atomic E-state index is 0.000742. The van der Waals surface area contributed by atoms with Crippen molar-refractivity contribution < 1.29 is 19.5 Å². The number of carbonyl (C=O) groups is 3. The van der Waals surface area contributed by atoms with E-state index in [1.807, 2.05) is 6.07 Å². The molecule has 2 saturated heterocycles. The van der Waals surface area contributed by atoms with Gasteiger partial charge in [0.2, 0.25) is 11.8 Å². The number of aliphatic hydroxyl groups is 1. The molecular weight excluding hydrogens is 324 g/mol. The fourth-order valence-electron chi connectivity index (χ4n) is 3.56. The number of nitrogens with one attached hydrogen (secondary N) is 3. The van der Waals surface area contributed by atoms with Crippen LogP contribution in [0, 0.1) is 0 Å². The number of carbonyl (C=O) groups excluding carboxylic acids is 3. The summed E-state index contributed by atoms with van der Waals surface area (Å²) in [7, 11) is 0. The molecule has 2 fully saturated rings. The Labute approximate surface area is 144 Å². The highest BCUT2D eigenvalue weighted by atomic mass is 16.3. The van der Waals surface area contributed by atoms with Crippen molar-refractivity contribution in [2.75, 3.05) is 11.9 Å². The quantitative estimate of drug-likeness (QED) is 0.435. The third-order valence-corrected chi connectivity index (χ3v) is 5.13. The highest BCUT2D eigenvalue weighted by Crippen LogP contribution is 2.32. The SMILES string of the molecule is O=C1CCC(N2Cc3c(NC(O)[C@H]4CCN4)cccc3C2=O)C(=O)N1. The van der Waals surface area contributed by atoms with Gasteiger partial charge in [0.15, 0.2) is 0 Å². The minimum atomic E-state index is -0.736. The van der Waals surface area contributed by atoms with Crippen molar-refractivity contribution in [2.24, 2.45) is 0 Å². The standard InChI is InChI=1S/C17H20N4O4/c22-14-5-4-13(16(24)20-14)21-8-10-9(17(21)25)2-1-3-11(10)19-15(23)12-6-7-18-12/h1-3,12-13,15,18-19,23H,4-8H2,(H,20,22,24)/t12-,13?,15?/m1/s1. The Morgan fingerprint density at radius 2 is 2.04 bits per heavy atom. The van der Waals surface area contributed by atoms with Gasteiger partial charge in [-0.1, -0.05) is 6.07 Å². The van der Waals surface area contributed by atoms with E-state index >= 15 is 0 Å². The van der Waals surface area contributed by atoms with Gasteiger partial charge >= 0.3 is 0 Å². The van der Waals surface area contributed by atoms with Gasteiger partial charge in [0.1, 0.15) is 12.3 Å². The molecule has 4 rings (SSSR count). The number of benzene rings is 1. The van der Waals surface area contributed by atoms with Crippen molar-refractivity contribution in [3.05, 3.63) is 29.3 Å². The molecule has 3 heterocycles. The van der Waals surface area contributed by atoms with Gasteiger partial charge < -0.3 is 20.6 Å². The van der Waals surface area contributed by atoms with Crippen molar-refractivity contribution in [1.29, 1.82) is 0 Å². The highest BCUT2D eigenvalue weighted by Gasteiger charge is 2.40. The van der Waals surface area contributed by atoms with E-state index in [9.17, 15) is 19.5 Å². The first-order chi connectivity index (χ1) is 12.0. The van der Waals surface area contributed by atoms with Crippen molar-refractivity contribution in [2.45, 2.75) is 44.1 Å². The van der Waals surface area contributed by atoms with Crippen LogP contribution in [-0.4, -0.2) is 52.6 Å². The lowest BCUT2D eigenvalue weighted by atomic mass is 10.0. The Balaban J connectivity index is 1.55. The van der Waals surface area contributed by atoms with Crippen LogP contribution in [0.15, 0.2) is 18.2 Å². The summed E-state index contributed by atoms with van der Waals surface area (Å²) in [5.41, 5.74) is 2.00. The topological polar surface area (TPSA) is 111 Å². The molecule has 132 valence electrons. The third-order valence-electron chi connectivity index (χ3n) is 5.13. The summed E-state index contributed by atoms with van der Waals surface area (Å²) in [5.74, 6) is -0.945. The zero-order valence-electron chi connectivity index (χ0n) is 13.6. The van der Waals surface area contributed by atoms with E-state index in [1.165, 1.54) is 4.90 Å². The summed E-state index contributed by atoms with van der Waals surface area (Å²) in [5, 5.41) is 18.7. The summed E-state index contributed by atoms with van der Waals surface area (Å²) in [6, 6.07) is 4.67. The van der Waals surface area contributed by atoms with Crippen LogP contribution >= 0.6 is 0 Å². The van der Waals surface area contributed by atoms with E-state index in [0.717, 1.165) is 18.5 Å². The highest BCUT2D eigenvalue weighted by molar-refractivity contribution is 6.06. The van der Waals surface area contributed by atoms with Crippen molar-refractivity contribution in [1.82, 2.24) is 15.5 Å². The van der Waals surface area contributed by atoms with Crippen LogP contribution < -0.4 is 16.0 Å². The Bertz CT molecular complexity index is 746. The summed E-state index contributed by atoms with van der Waals surface area (Å²) >= 11 is 0. The first kappa shape index (κ1) is 16.0. The van der Waals surface area contributed by atoms with Gasteiger partial charge in [0.05, 0.1) is 6.04 Å². The van der Waals surface area contributed by atoms with E-state index in [0.29, 0.717) is 17.7 Å². The van der Waals surface area contributed by atoms with Gasteiger partial charge in [-0.05, 0) is 31.5 Å². The number of imide groups is 1. The fraction of sp³-hybridized carbons (Fsp3) is 0.471. The van der Waals surface area contributed by atoms with E-state index < -0.39 is 18.2 Å². The Morgan fingerprint density at radius 3 is 2.72 bits per heavy atom. The van der Waals surface area contributed by atoms with E-state index in [1.54, 1.807) is 12.1 Å². The normalized spacial score (nSPS) is 26.8. The van der Waals surface area contributed by atoms with Gasteiger partial charge in [-0.2, -0.15) is 0 Å². The number of piperidine rings is 1. The summed E-state index contributed by atoms with van der Waals surface area (Å²) in [4.78, 5) is 37.7. The number of fused-ring (bicyclic) bond motifs is 1. The molecule has 3 amide bonds. The third kappa shape index (κ3) is 2.77. The van der Waals surface area contributed by atoms with Crippen LogP contribution in [0.1, 0.15) is 35.2 Å². The molecule has 1 aromatic rings. The molecule has 4 N–H and O–H groups in total. The second-order valence-electron chi connectivity index (χ2n) is 6.67. The van der Waals surface area contributed by atoms with Gasteiger partial charge in [-0.3, -0.25) is 19.7 Å². The molecule has 0 spiro atoms. The number of anilines is 1. The van der Waals surface area contributed by atoms with Gasteiger partial charge in [0, 0.05) is 29.8 Å². The maximum Gasteiger partial charge on any atom is 0.255 e. The van der Waals surface area contributed by atoms with Crippen molar-refractivity contribution in [3.63, 3.8) is 0 Å². The van der Waals surface area contributed by atoms with Crippen LogP contribution in [0.5, 0.6) is 0 Å². The molecule has 8 nitrogen and oxygen atoms in total. The molecule has 0 aliphatic carbocycles. The van der Waals surface area contributed by atoms with Crippen LogP contribution in [-0.2, 0) is 16.1 Å². The number of hydrogen-bond acceptors (Lipinski definition) is 6. The largest absolute Gasteiger partial charge is 0.372 e. The van der Waals surface area contributed by atoms with Gasteiger partial charge in [-0.15, -0.1) is 0 Å². The van der Waals surface area contributed by atoms with Crippen LogP contribution in [0.25, 0.3) is 0 Å². The zero-order chi connectivity index (χ0) is 17.6. The number of amides is 3. The van der Waals surface area contributed by atoms with Crippen LogP contribution in [0.3, 0.4) is 0 Å². The monoisotopic (exact) mass is 344 g/mol. The predicted molar refractivity (Wildman–Crippen MR) is 88.5 cm³/mol. The molecule has 8 heteroatoms. The molecule has 25 heavy (non-hydrogen) atoms. The second-order valence-corrected chi connectivity index (χ2v) is 6.67. The van der Waals surface area contributed by atoms with Crippen molar-refractivity contribution in [3.8, 4) is 0 Å². The first-order valence-electron chi connectivity index (χ1n) is 8.49. The van der Waals surface area contributed by atoms with E-state index in [2.05, 4.69) is 16.0 Å². The lowest BCUT2D eigenvalue weighted by molar-refractivity contribution is -0.136. The maximum atomic E-state index is 12.7. The number of rotatable bonds is 4.